The van der Waals surface area contributed by atoms with Crippen LogP contribution in [-0.2, 0) is 4.74 Å². The molecule has 1 N–H and O–H groups in total. The molecule has 3 nitrogen and oxygen atoms in total. The molecule has 16 heavy (non-hydrogen) atoms. The van der Waals surface area contributed by atoms with Crippen LogP contribution in [0, 0.1) is 5.82 Å². The monoisotopic (exact) mass is 220 g/mol. The summed E-state index contributed by atoms with van der Waals surface area (Å²) >= 11 is 0. The quantitative estimate of drug-likeness (QED) is 0.774. The van der Waals surface area contributed by atoms with Crippen molar-refractivity contribution < 1.29 is 9.13 Å². The predicted octanol–water partition coefficient (Wildman–Crippen LogP) is 1.33. The van der Waals surface area contributed by atoms with E-state index in [1.165, 1.54) is 12.1 Å². The van der Waals surface area contributed by atoms with Gasteiger partial charge in [0.05, 0.1) is 0 Å². The number of hydrogen-bond donors (Lipinski definition) is 1. The molecule has 0 amide bonds. The van der Waals surface area contributed by atoms with Gasteiger partial charge in [-0.3, -0.25) is 0 Å². The van der Waals surface area contributed by atoms with Crippen molar-refractivity contribution >= 4 is 5.90 Å². The molecule has 2 aliphatic rings. The number of nitrogens with one attached hydrogen (secondary N) is 1. The fraction of sp³-hybridized carbons (Fsp3) is 0.417. The molecular weight excluding hydrogens is 207 g/mol. The van der Waals surface area contributed by atoms with Crippen LogP contribution in [0.15, 0.2) is 29.3 Å². The number of rotatable bonds is 1. The maximum absolute atomic E-state index is 13.1. The summed E-state index contributed by atoms with van der Waals surface area (Å²) in [6.07, 6.45) is 1.13. The van der Waals surface area contributed by atoms with Crippen LogP contribution >= 0.6 is 0 Å². The number of fused-ring (bicyclic) bond motifs is 1. The highest BCUT2D eigenvalue weighted by atomic mass is 19.1. The molecule has 0 aromatic heterocycles. The van der Waals surface area contributed by atoms with E-state index >= 15 is 0 Å². The van der Waals surface area contributed by atoms with Gasteiger partial charge < -0.3 is 10.1 Å². The first kappa shape index (κ1) is 9.78. The minimum atomic E-state index is -0.253. The van der Waals surface area contributed by atoms with Crippen LogP contribution < -0.4 is 5.32 Å². The summed E-state index contributed by atoms with van der Waals surface area (Å²) in [6, 6.07) is 6.58. The number of hydrogen-bond acceptors (Lipinski definition) is 3. The van der Waals surface area contributed by atoms with Crippen molar-refractivity contribution in [1.29, 1.82) is 0 Å². The van der Waals surface area contributed by atoms with Crippen LogP contribution in [0.1, 0.15) is 12.0 Å². The molecule has 2 atom stereocenters. The summed E-state index contributed by atoms with van der Waals surface area (Å²) in [5, 5.41) is 3.28. The second-order valence-corrected chi connectivity index (χ2v) is 4.16. The highest BCUT2D eigenvalue weighted by Gasteiger charge is 2.33. The minimum absolute atomic E-state index is 0.166. The van der Waals surface area contributed by atoms with E-state index in [-0.39, 0.29) is 18.0 Å². The molecule has 3 rings (SSSR count). The SMILES string of the molecule is Fc1cccc(C2=NC3CNCCC3O2)c1. The smallest absolute Gasteiger partial charge is 0.216 e. The largest absolute Gasteiger partial charge is 0.472 e. The van der Waals surface area contributed by atoms with E-state index < -0.39 is 0 Å². The average Bonchev–Trinajstić information content (AvgIpc) is 2.72. The van der Waals surface area contributed by atoms with E-state index in [2.05, 4.69) is 10.3 Å². The van der Waals surface area contributed by atoms with Gasteiger partial charge in [0, 0.05) is 12.1 Å². The molecule has 1 aromatic rings. The van der Waals surface area contributed by atoms with Crippen LogP contribution in [0.5, 0.6) is 0 Å². The van der Waals surface area contributed by atoms with Crippen molar-refractivity contribution in [2.45, 2.75) is 18.6 Å². The summed E-state index contributed by atoms with van der Waals surface area (Å²) < 4.78 is 18.8. The van der Waals surface area contributed by atoms with Gasteiger partial charge in [-0.25, -0.2) is 9.38 Å². The molecule has 0 radical (unpaired) electrons. The second kappa shape index (κ2) is 3.87. The number of nitrogens with zero attached hydrogens (tertiary/aromatic N) is 1. The van der Waals surface area contributed by atoms with E-state index in [0.29, 0.717) is 5.90 Å². The highest BCUT2D eigenvalue weighted by molar-refractivity contribution is 5.95. The third-order valence-corrected chi connectivity index (χ3v) is 3.01. The Bertz CT molecular complexity index is 433. The molecular formula is C12H13FN2O. The molecule has 4 heteroatoms. The Morgan fingerprint density at radius 2 is 2.38 bits per heavy atom. The van der Waals surface area contributed by atoms with Crippen LogP contribution in [0.25, 0.3) is 0 Å². The van der Waals surface area contributed by atoms with Gasteiger partial charge in [0.15, 0.2) is 0 Å². The molecule has 84 valence electrons. The summed E-state index contributed by atoms with van der Waals surface area (Å²) in [6.45, 7) is 1.82. The molecule has 2 unspecified atom stereocenters. The maximum Gasteiger partial charge on any atom is 0.216 e. The lowest BCUT2D eigenvalue weighted by Gasteiger charge is -2.23. The van der Waals surface area contributed by atoms with Crippen LogP contribution in [-0.4, -0.2) is 31.1 Å². The Balaban J connectivity index is 1.86. The van der Waals surface area contributed by atoms with Gasteiger partial charge in [0.1, 0.15) is 18.0 Å². The molecule has 0 saturated carbocycles. The first-order valence-corrected chi connectivity index (χ1v) is 5.54. The molecule has 0 aliphatic carbocycles. The lowest BCUT2D eigenvalue weighted by molar-refractivity contribution is 0.161. The van der Waals surface area contributed by atoms with Gasteiger partial charge in [-0.2, -0.15) is 0 Å². The Morgan fingerprint density at radius 1 is 1.44 bits per heavy atom. The maximum atomic E-state index is 13.1. The highest BCUT2D eigenvalue weighted by Crippen LogP contribution is 2.22. The third kappa shape index (κ3) is 1.69. The van der Waals surface area contributed by atoms with Gasteiger partial charge >= 0.3 is 0 Å². The molecule has 1 fully saturated rings. The molecule has 1 saturated heterocycles. The van der Waals surface area contributed by atoms with Crippen LogP contribution in [0.2, 0.25) is 0 Å². The van der Waals surface area contributed by atoms with Gasteiger partial charge in [-0.15, -0.1) is 0 Å². The summed E-state index contributed by atoms with van der Waals surface area (Å²) in [5.74, 6) is 0.329. The van der Waals surface area contributed by atoms with Crippen molar-refractivity contribution in [3.8, 4) is 0 Å². The van der Waals surface area contributed by atoms with Crippen molar-refractivity contribution in [1.82, 2.24) is 5.32 Å². The number of piperidine rings is 1. The Morgan fingerprint density at radius 3 is 3.19 bits per heavy atom. The van der Waals surface area contributed by atoms with Crippen LogP contribution in [0.3, 0.4) is 0 Å². The summed E-state index contributed by atoms with van der Waals surface area (Å²) in [4.78, 5) is 4.49. The summed E-state index contributed by atoms with van der Waals surface area (Å²) in [7, 11) is 0. The zero-order valence-corrected chi connectivity index (χ0v) is 8.82. The van der Waals surface area contributed by atoms with E-state index in [0.717, 1.165) is 25.1 Å². The number of benzene rings is 1. The normalized spacial score (nSPS) is 28.2. The topological polar surface area (TPSA) is 33.6 Å². The zero-order chi connectivity index (χ0) is 11.0. The summed E-state index contributed by atoms with van der Waals surface area (Å²) in [5.41, 5.74) is 0.731. The number of ether oxygens (including phenoxy) is 1. The Labute approximate surface area is 93.3 Å². The zero-order valence-electron chi connectivity index (χ0n) is 8.82. The van der Waals surface area contributed by atoms with Gasteiger partial charge in [-0.1, -0.05) is 6.07 Å². The van der Waals surface area contributed by atoms with Gasteiger partial charge in [0.2, 0.25) is 5.90 Å². The van der Waals surface area contributed by atoms with Crippen molar-refractivity contribution in [2.75, 3.05) is 13.1 Å². The van der Waals surface area contributed by atoms with E-state index in [1.54, 1.807) is 6.07 Å². The number of halogens is 1. The van der Waals surface area contributed by atoms with E-state index in [4.69, 9.17) is 4.74 Å². The predicted molar refractivity (Wildman–Crippen MR) is 59.1 cm³/mol. The molecule has 2 heterocycles. The molecule has 1 aromatic carbocycles. The standard InChI is InChI=1S/C12H13FN2O/c13-9-3-1-2-8(6-9)12-15-10-7-14-5-4-11(10)16-12/h1-3,6,10-11,14H,4-5,7H2. The van der Waals surface area contributed by atoms with E-state index in [1.807, 2.05) is 6.07 Å². The second-order valence-electron chi connectivity index (χ2n) is 4.16. The first-order valence-electron chi connectivity index (χ1n) is 5.54. The lowest BCUT2D eigenvalue weighted by Crippen LogP contribution is -2.41. The van der Waals surface area contributed by atoms with E-state index in [9.17, 15) is 4.39 Å². The van der Waals surface area contributed by atoms with Crippen molar-refractivity contribution in [3.63, 3.8) is 0 Å². The Kier molecular flexibility index (Phi) is 2.36. The molecule has 2 aliphatic heterocycles. The molecule has 0 bridgehead atoms. The van der Waals surface area contributed by atoms with Gasteiger partial charge in [0.25, 0.3) is 0 Å². The fourth-order valence-electron chi connectivity index (χ4n) is 2.17. The number of aliphatic imine (C=N–C) groups is 1. The fourth-order valence-corrected chi connectivity index (χ4v) is 2.17. The third-order valence-electron chi connectivity index (χ3n) is 3.01. The first-order chi connectivity index (χ1) is 7.83. The minimum Gasteiger partial charge on any atom is -0.472 e. The van der Waals surface area contributed by atoms with Gasteiger partial charge in [-0.05, 0) is 31.2 Å². The van der Waals surface area contributed by atoms with Crippen molar-refractivity contribution in [2.24, 2.45) is 4.99 Å². The molecule has 0 spiro atoms. The van der Waals surface area contributed by atoms with Crippen molar-refractivity contribution in [3.05, 3.63) is 35.6 Å². The average molecular weight is 220 g/mol. The van der Waals surface area contributed by atoms with Crippen LogP contribution in [0.4, 0.5) is 4.39 Å². The Hall–Kier alpha value is -1.42. The lowest BCUT2D eigenvalue weighted by atomic mass is 10.1.